The van der Waals surface area contributed by atoms with Crippen LogP contribution in [0.25, 0.3) is 0 Å². The molecule has 2 aliphatic heterocycles. The van der Waals surface area contributed by atoms with Gasteiger partial charge >= 0.3 is 0 Å². The first-order valence-electron chi connectivity index (χ1n) is 13.1. The maximum Gasteiger partial charge on any atom is 0.265 e. The van der Waals surface area contributed by atoms with E-state index in [0.717, 1.165) is 38.4 Å². The van der Waals surface area contributed by atoms with Crippen LogP contribution in [-0.4, -0.2) is 47.7 Å². The van der Waals surface area contributed by atoms with Crippen LogP contribution in [0.5, 0.6) is 0 Å². The van der Waals surface area contributed by atoms with Crippen LogP contribution in [-0.2, 0) is 16.8 Å². The number of hydrogen-bond acceptors (Lipinski definition) is 3. The molecule has 37 heavy (non-hydrogen) atoms. The van der Waals surface area contributed by atoms with Crippen LogP contribution < -0.4 is 0 Å². The van der Waals surface area contributed by atoms with Gasteiger partial charge in [-0.3, -0.25) is 9.69 Å². The van der Waals surface area contributed by atoms with Crippen molar-refractivity contribution in [3.63, 3.8) is 0 Å². The third-order valence-corrected chi connectivity index (χ3v) is 7.73. The molecule has 2 aliphatic rings. The molecule has 192 valence electrons. The number of likely N-dealkylation sites (tertiary alicyclic amines) is 1. The van der Waals surface area contributed by atoms with Gasteiger partial charge in [0.15, 0.2) is 5.54 Å². The summed E-state index contributed by atoms with van der Waals surface area (Å²) in [5, 5.41) is 0. The van der Waals surface area contributed by atoms with Crippen LogP contribution in [0.1, 0.15) is 42.9 Å². The van der Waals surface area contributed by atoms with E-state index in [1.807, 2.05) is 6.92 Å². The summed E-state index contributed by atoms with van der Waals surface area (Å²) >= 11 is 0. The molecule has 1 saturated heterocycles. The average molecular weight is 502 g/mol. The first kappa shape index (κ1) is 25.3. The number of aliphatic imine (C=N–C) groups is 1. The summed E-state index contributed by atoms with van der Waals surface area (Å²) < 4.78 is 27.4. The second-order valence-corrected chi connectivity index (χ2v) is 10.2. The van der Waals surface area contributed by atoms with Crippen molar-refractivity contribution in [1.82, 2.24) is 9.80 Å². The van der Waals surface area contributed by atoms with Gasteiger partial charge in [0.05, 0.1) is 0 Å². The molecule has 0 bridgehead atoms. The van der Waals surface area contributed by atoms with E-state index in [0.29, 0.717) is 23.5 Å². The number of hydrogen-bond donors (Lipinski definition) is 0. The standard InChI is InChI=1S/C31H33F2N3O/c1-23-34-31(26-8-12-28(32)13-9-26,27-10-14-29(33)15-11-27)30(37)36(23)19-5-18-35-20-16-25(17-21-35)22-24-6-3-2-4-7-24/h2-4,6-15,25H,5,16-22H2,1H3. The van der Waals surface area contributed by atoms with Gasteiger partial charge in [-0.05, 0) is 99.1 Å². The molecule has 3 aromatic rings. The van der Waals surface area contributed by atoms with Gasteiger partial charge in [0.1, 0.15) is 17.5 Å². The first-order valence-corrected chi connectivity index (χ1v) is 13.1. The SMILES string of the molecule is CC1=NC(c2ccc(F)cc2)(c2ccc(F)cc2)C(=O)N1CCCN1CCC(Cc2ccccc2)CC1. The Balaban J connectivity index is 1.23. The predicted octanol–water partition coefficient (Wildman–Crippen LogP) is 5.81. The monoisotopic (exact) mass is 501 g/mol. The lowest BCUT2D eigenvalue weighted by atomic mass is 9.82. The zero-order valence-electron chi connectivity index (χ0n) is 21.2. The zero-order valence-corrected chi connectivity index (χ0v) is 21.2. The summed E-state index contributed by atoms with van der Waals surface area (Å²) in [5.74, 6) is 0.410. The number of carbonyl (C=O) groups excluding carboxylic acids is 1. The molecule has 0 saturated carbocycles. The van der Waals surface area contributed by atoms with Crippen molar-refractivity contribution >= 4 is 11.7 Å². The Hall–Kier alpha value is -3.38. The maximum absolute atomic E-state index is 13.9. The molecule has 3 aromatic carbocycles. The molecule has 0 spiro atoms. The van der Waals surface area contributed by atoms with E-state index in [9.17, 15) is 13.6 Å². The van der Waals surface area contributed by atoms with Crippen molar-refractivity contribution in [2.45, 2.75) is 38.1 Å². The fourth-order valence-electron chi connectivity index (χ4n) is 5.70. The first-order chi connectivity index (χ1) is 18.0. The summed E-state index contributed by atoms with van der Waals surface area (Å²) in [6, 6.07) is 22.4. The fraction of sp³-hybridized carbons (Fsp3) is 0.355. The summed E-state index contributed by atoms with van der Waals surface area (Å²) in [6.45, 7) is 5.47. The van der Waals surface area contributed by atoms with Crippen molar-refractivity contribution < 1.29 is 13.6 Å². The average Bonchev–Trinajstić information content (AvgIpc) is 3.17. The van der Waals surface area contributed by atoms with E-state index in [1.165, 1.54) is 42.7 Å². The Morgan fingerprint density at radius 1 is 0.838 bits per heavy atom. The summed E-state index contributed by atoms with van der Waals surface area (Å²) in [6.07, 6.45) is 4.36. The molecule has 1 amide bonds. The Morgan fingerprint density at radius 2 is 1.41 bits per heavy atom. The van der Waals surface area contributed by atoms with Crippen molar-refractivity contribution in [2.75, 3.05) is 26.2 Å². The van der Waals surface area contributed by atoms with Crippen LogP contribution in [0.15, 0.2) is 83.9 Å². The molecule has 0 unspecified atom stereocenters. The Bertz CT molecular complexity index is 1190. The summed E-state index contributed by atoms with van der Waals surface area (Å²) in [5.41, 5.74) is 1.23. The van der Waals surface area contributed by atoms with Gasteiger partial charge in [0, 0.05) is 6.54 Å². The minimum absolute atomic E-state index is 0.176. The lowest BCUT2D eigenvalue weighted by Crippen LogP contribution is -2.43. The molecule has 0 aromatic heterocycles. The maximum atomic E-state index is 13.9. The zero-order chi connectivity index (χ0) is 25.8. The fourth-order valence-corrected chi connectivity index (χ4v) is 5.70. The second kappa shape index (κ2) is 10.9. The number of rotatable bonds is 8. The van der Waals surface area contributed by atoms with Gasteiger partial charge in [-0.2, -0.15) is 0 Å². The molecule has 1 fully saturated rings. The lowest BCUT2D eigenvalue weighted by molar-refractivity contribution is -0.130. The van der Waals surface area contributed by atoms with E-state index < -0.39 is 5.54 Å². The Morgan fingerprint density at radius 3 is 1.97 bits per heavy atom. The van der Waals surface area contributed by atoms with Crippen molar-refractivity contribution in [3.05, 3.63) is 107 Å². The third kappa shape index (κ3) is 5.35. The minimum atomic E-state index is -1.33. The van der Waals surface area contributed by atoms with Gasteiger partial charge < -0.3 is 4.90 Å². The van der Waals surface area contributed by atoms with E-state index in [2.05, 4.69) is 35.2 Å². The number of amidine groups is 1. The minimum Gasteiger partial charge on any atom is -0.303 e. The largest absolute Gasteiger partial charge is 0.303 e. The van der Waals surface area contributed by atoms with Crippen molar-refractivity contribution in [3.8, 4) is 0 Å². The number of benzene rings is 3. The molecule has 0 radical (unpaired) electrons. The molecule has 0 N–H and O–H groups in total. The predicted molar refractivity (Wildman–Crippen MR) is 142 cm³/mol. The van der Waals surface area contributed by atoms with E-state index in [4.69, 9.17) is 4.99 Å². The van der Waals surface area contributed by atoms with Crippen LogP contribution in [0.3, 0.4) is 0 Å². The lowest BCUT2D eigenvalue weighted by Gasteiger charge is -2.32. The number of carbonyl (C=O) groups is 1. The Kier molecular flexibility index (Phi) is 7.47. The highest BCUT2D eigenvalue weighted by Gasteiger charge is 2.49. The highest BCUT2D eigenvalue weighted by atomic mass is 19.1. The molecule has 2 heterocycles. The van der Waals surface area contributed by atoms with Gasteiger partial charge in [-0.15, -0.1) is 0 Å². The van der Waals surface area contributed by atoms with Crippen molar-refractivity contribution in [2.24, 2.45) is 10.9 Å². The number of piperidine rings is 1. The molecule has 4 nitrogen and oxygen atoms in total. The quantitative estimate of drug-likeness (QED) is 0.390. The summed E-state index contributed by atoms with van der Waals surface area (Å²) in [7, 11) is 0. The van der Waals surface area contributed by atoms with Crippen LogP contribution in [0.2, 0.25) is 0 Å². The topological polar surface area (TPSA) is 35.9 Å². The number of halogens is 2. The second-order valence-electron chi connectivity index (χ2n) is 10.2. The normalized spacial score (nSPS) is 18.3. The van der Waals surface area contributed by atoms with Gasteiger partial charge in [-0.1, -0.05) is 54.6 Å². The van der Waals surface area contributed by atoms with E-state index in [-0.39, 0.29) is 17.5 Å². The highest BCUT2D eigenvalue weighted by Crippen LogP contribution is 2.40. The Labute approximate surface area is 217 Å². The van der Waals surface area contributed by atoms with E-state index >= 15 is 0 Å². The number of nitrogens with zero attached hydrogens (tertiary/aromatic N) is 3. The molecule has 0 aliphatic carbocycles. The molecular formula is C31H33F2N3O. The summed E-state index contributed by atoms with van der Waals surface area (Å²) in [4.78, 5) is 23.0. The highest BCUT2D eigenvalue weighted by molar-refractivity contribution is 6.09. The van der Waals surface area contributed by atoms with Crippen LogP contribution in [0, 0.1) is 17.6 Å². The molecule has 5 rings (SSSR count). The van der Waals surface area contributed by atoms with Crippen LogP contribution >= 0.6 is 0 Å². The van der Waals surface area contributed by atoms with Gasteiger partial charge in [0.25, 0.3) is 5.91 Å². The molecule has 0 atom stereocenters. The van der Waals surface area contributed by atoms with E-state index in [1.54, 1.807) is 29.2 Å². The van der Waals surface area contributed by atoms with Crippen molar-refractivity contribution in [1.29, 1.82) is 0 Å². The van der Waals surface area contributed by atoms with Gasteiger partial charge in [0.2, 0.25) is 0 Å². The molecular weight excluding hydrogens is 468 g/mol. The third-order valence-electron chi connectivity index (χ3n) is 7.73. The smallest absolute Gasteiger partial charge is 0.265 e. The van der Waals surface area contributed by atoms with Gasteiger partial charge in [-0.25, -0.2) is 13.8 Å². The molecule has 6 heteroatoms. The van der Waals surface area contributed by atoms with Crippen LogP contribution in [0.4, 0.5) is 8.78 Å². The number of amides is 1.